The average molecular weight is 930 g/mol. The highest BCUT2D eigenvalue weighted by atomic mass is 15.0. The first-order chi connectivity index (χ1) is 36.1. The topological polar surface area (TPSA) is 30.7 Å². The van der Waals surface area contributed by atoms with Gasteiger partial charge in [-0.3, -0.25) is 0 Å². The van der Waals surface area contributed by atoms with Gasteiger partial charge in [0, 0.05) is 33.2 Å². The number of hydrogen-bond acceptors (Lipinski definition) is 2. The minimum Gasteiger partial charge on any atom is -0.309 e. The Bertz CT molecular complexity index is 4080. The predicted octanol–water partition coefficient (Wildman–Crippen LogP) is 18.6. The first kappa shape index (κ1) is 43.3. The first-order valence-electron chi connectivity index (χ1n) is 24.9. The van der Waals surface area contributed by atoms with E-state index < -0.39 is 0 Å². The van der Waals surface area contributed by atoms with Gasteiger partial charge >= 0.3 is 0 Å². The van der Waals surface area contributed by atoms with Gasteiger partial charge in [-0.15, -0.1) is 0 Å². The van der Waals surface area contributed by atoms with Gasteiger partial charge in [0.1, 0.15) is 0 Å². The molecular formula is C70H47N3. The molecule has 0 aliphatic heterocycles. The summed E-state index contributed by atoms with van der Waals surface area (Å²) in [5.41, 5.74) is 22.1. The molecule has 0 aliphatic carbocycles. The van der Waals surface area contributed by atoms with Crippen LogP contribution in [0.1, 0.15) is 0 Å². The number of para-hydroxylation sites is 2. The Hall–Kier alpha value is -9.70. The zero-order valence-electron chi connectivity index (χ0n) is 40.0. The maximum absolute atomic E-state index is 5.37. The maximum Gasteiger partial charge on any atom is 0.160 e. The highest BCUT2D eigenvalue weighted by Gasteiger charge is 2.16. The lowest BCUT2D eigenvalue weighted by Crippen LogP contribution is -1.97. The highest BCUT2D eigenvalue weighted by molar-refractivity contribution is 6.09. The molecule has 0 radical (unpaired) electrons. The van der Waals surface area contributed by atoms with Crippen LogP contribution >= 0.6 is 0 Å². The Morgan fingerprint density at radius 3 is 1.01 bits per heavy atom. The van der Waals surface area contributed by atoms with E-state index in [0.29, 0.717) is 5.82 Å². The van der Waals surface area contributed by atoms with Crippen molar-refractivity contribution in [2.75, 3.05) is 0 Å². The van der Waals surface area contributed by atoms with Crippen LogP contribution in [0.4, 0.5) is 0 Å². The van der Waals surface area contributed by atoms with E-state index in [1.54, 1.807) is 0 Å². The van der Waals surface area contributed by atoms with Crippen LogP contribution in [0, 0.1) is 0 Å². The van der Waals surface area contributed by atoms with Crippen molar-refractivity contribution in [2.45, 2.75) is 0 Å². The molecule has 0 spiro atoms. The molecule has 0 bridgehead atoms. The van der Waals surface area contributed by atoms with Crippen molar-refractivity contribution in [2.24, 2.45) is 0 Å². The third kappa shape index (κ3) is 8.60. The summed E-state index contributed by atoms with van der Waals surface area (Å²) in [7, 11) is 0. The molecule has 2 aromatic heterocycles. The van der Waals surface area contributed by atoms with Gasteiger partial charge in [-0.05, 0) is 127 Å². The van der Waals surface area contributed by atoms with Crippen LogP contribution < -0.4 is 0 Å². The van der Waals surface area contributed by atoms with E-state index in [1.165, 1.54) is 55.2 Å². The Morgan fingerprint density at radius 2 is 0.521 bits per heavy atom. The second-order valence-electron chi connectivity index (χ2n) is 18.6. The van der Waals surface area contributed by atoms with Crippen molar-refractivity contribution in [3.8, 4) is 106 Å². The Balaban J connectivity index is 0.881. The molecule has 0 atom stereocenters. The molecule has 0 unspecified atom stereocenters. The average Bonchev–Trinajstić information content (AvgIpc) is 3.82. The second-order valence-corrected chi connectivity index (χ2v) is 18.6. The first-order valence-corrected chi connectivity index (χ1v) is 24.9. The van der Waals surface area contributed by atoms with Crippen molar-refractivity contribution < 1.29 is 0 Å². The number of benzene rings is 11. The number of rotatable bonds is 10. The quantitative estimate of drug-likeness (QED) is 0.137. The van der Waals surface area contributed by atoms with Crippen molar-refractivity contribution in [1.82, 2.24) is 14.5 Å². The number of hydrogen-bond donors (Lipinski definition) is 0. The summed E-state index contributed by atoms with van der Waals surface area (Å²) in [5, 5.41) is 2.49. The summed E-state index contributed by atoms with van der Waals surface area (Å²) in [5.74, 6) is 0.666. The smallest absolute Gasteiger partial charge is 0.160 e. The molecule has 0 fully saturated rings. The second kappa shape index (κ2) is 18.9. The molecule has 0 saturated heterocycles. The van der Waals surface area contributed by atoms with Crippen LogP contribution in [0.15, 0.2) is 285 Å². The fraction of sp³-hybridized carbons (Fsp3) is 0. The van der Waals surface area contributed by atoms with Crippen LogP contribution in [0.2, 0.25) is 0 Å². The van der Waals surface area contributed by atoms with Crippen LogP contribution in [0.3, 0.4) is 0 Å². The molecule has 0 saturated carbocycles. The van der Waals surface area contributed by atoms with Gasteiger partial charge in [0.2, 0.25) is 0 Å². The standard InChI is InChI=1S/C70H47N3/c1-3-17-48(18-4-1)52-21-11-24-55(41-52)56-25-13-23-54(43-56)50-37-39-51(40-38-50)66-47-67(61-30-14-27-58(44-61)57-26-12-22-53(42-57)49-19-5-2-6-20-49)72-70(71-66)62-31-15-28-59(45-62)60-29-16-32-63(46-60)73-68-35-9-7-33-64(68)65-34-8-10-36-69(65)73/h1-47H. The molecule has 3 heteroatoms. The molecule has 0 N–H and O–H groups in total. The predicted molar refractivity (Wildman–Crippen MR) is 305 cm³/mol. The summed E-state index contributed by atoms with van der Waals surface area (Å²) in [4.78, 5) is 10.7. The zero-order valence-corrected chi connectivity index (χ0v) is 40.0. The van der Waals surface area contributed by atoms with Crippen molar-refractivity contribution in [1.29, 1.82) is 0 Å². The van der Waals surface area contributed by atoms with Crippen molar-refractivity contribution >= 4 is 21.8 Å². The van der Waals surface area contributed by atoms with Gasteiger partial charge in [-0.1, -0.05) is 224 Å². The van der Waals surface area contributed by atoms with Gasteiger partial charge in [-0.2, -0.15) is 0 Å². The van der Waals surface area contributed by atoms with E-state index in [9.17, 15) is 0 Å². The van der Waals surface area contributed by atoms with Crippen molar-refractivity contribution in [3.63, 3.8) is 0 Å². The van der Waals surface area contributed by atoms with E-state index in [0.717, 1.165) is 67.1 Å². The summed E-state index contributed by atoms with van der Waals surface area (Å²) in [6.07, 6.45) is 0. The van der Waals surface area contributed by atoms with Crippen LogP contribution in [-0.2, 0) is 0 Å². The van der Waals surface area contributed by atoms with Crippen molar-refractivity contribution in [3.05, 3.63) is 285 Å². The molecule has 0 aliphatic rings. The normalized spacial score (nSPS) is 11.3. The highest BCUT2D eigenvalue weighted by Crippen LogP contribution is 2.37. The zero-order chi connectivity index (χ0) is 48.5. The fourth-order valence-electron chi connectivity index (χ4n) is 10.3. The molecule has 2 heterocycles. The van der Waals surface area contributed by atoms with Gasteiger partial charge in [0.05, 0.1) is 22.4 Å². The maximum atomic E-state index is 5.37. The Labute approximate surface area is 425 Å². The van der Waals surface area contributed by atoms with E-state index in [1.807, 2.05) is 0 Å². The molecule has 13 rings (SSSR count). The van der Waals surface area contributed by atoms with Gasteiger partial charge in [0.15, 0.2) is 5.82 Å². The van der Waals surface area contributed by atoms with E-state index in [4.69, 9.17) is 9.97 Å². The molecular weight excluding hydrogens is 883 g/mol. The minimum atomic E-state index is 0.666. The van der Waals surface area contributed by atoms with E-state index in [2.05, 4.69) is 290 Å². The monoisotopic (exact) mass is 929 g/mol. The van der Waals surface area contributed by atoms with E-state index in [-0.39, 0.29) is 0 Å². The fourth-order valence-corrected chi connectivity index (χ4v) is 10.3. The Morgan fingerprint density at radius 1 is 0.205 bits per heavy atom. The largest absolute Gasteiger partial charge is 0.309 e. The number of fused-ring (bicyclic) bond motifs is 3. The van der Waals surface area contributed by atoms with Gasteiger partial charge < -0.3 is 4.57 Å². The lowest BCUT2D eigenvalue weighted by atomic mass is 9.95. The number of nitrogens with zero attached hydrogens (tertiary/aromatic N) is 3. The lowest BCUT2D eigenvalue weighted by molar-refractivity contribution is 1.18. The summed E-state index contributed by atoms with van der Waals surface area (Å²) in [6.45, 7) is 0. The number of aromatic nitrogens is 3. The molecule has 0 amide bonds. The molecule has 3 nitrogen and oxygen atoms in total. The third-order valence-electron chi connectivity index (χ3n) is 14.0. The molecule has 11 aromatic carbocycles. The molecule has 342 valence electrons. The van der Waals surface area contributed by atoms with Gasteiger partial charge in [-0.25, -0.2) is 9.97 Å². The van der Waals surface area contributed by atoms with Crippen LogP contribution in [0.5, 0.6) is 0 Å². The van der Waals surface area contributed by atoms with Gasteiger partial charge in [0.25, 0.3) is 0 Å². The summed E-state index contributed by atoms with van der Waals surface area (Å²) < 4.78 is 2.37. The third-order valence-corrected chi connectivity index (χ3v) is 14.0. The summed E-state index contributed by atoms with van der Waals surface area (Å²) >= 11 is 0. The van der Waals surface area contributed by atoms with Crippen LogP contribution in [-0.4, -0.2) is 14.5 Å². The SMILES string of the molecule is c1ccc(-c2cccc(-c3cccc(-c4ccc(-c5cc(-c6cccc(-c7cccc(-c8ccccc8)c7)c6)nc(-c6cccc(-c7cccc(-n8c9ccccc9c9ccccc98)c7)c6)n5)cc4)c3)c2)cc1. The Kier molecular flexibility index (Phi) is 11.2. The summed E-state index contributed by atoms with van der Waals surface area (Å²) in [6, 6.07) is 102. The van der Waals surface area contributed by atoms with Crippen LogP contribution in [0.25, 0.3) is 128 Å². The lowest BCUT2D eigenvalue weighted by Gasteiger charge is -2.13. The molecule has 73 heavy (non-hydrogen) atoms. The molecule has 13 aromatic rings. The minimum absolute atomic E-state index is 0.666. The van der Waals surface area contributed by atoms with E-state index >= 15 is 0 Å².